The van der Waals surface area contributed by atoms with Gasteiger partial charge in [-0.1, -0.05) is 6.92 Å². The molecule has 1 heterocycles. The summed E-state index contributed by atoms with van der Waals surface area (Å²) in [6.07, 6.45) is 3.66. The molecule has 0 bridgehead atoms. The minimum absolute atomic E-state index is 0.0131. The Kier molecular flexibility index (Phi) is 3.43. The van der Waals surface area contributed by atoms with Crippen LogP contribution in [0.25, 0.3) is 0 Å². The zero-order chi connectivity index (χ0) is 11.5. The third kappa shape index (κ3) is 2.95. The summed E-state index contributed by atoms with van der Waals surface area (Å²) in [6.45, 7) is 2.26. The van der Waals surface area contributed by atoms with Gasteiger partial charge in [0.25, 0.3) is 0 Å². The monoisotopic (exact) mass is 240 g/mol. The SMILES string of the molecule is CC1CCC(Nc2nc(CC(=O)O)cs2)C1. The van der Waals surface area contributed by atoms with Crippen LogP contribution in [0.4, 0.5) is 5.13 Å². The molecule has 4 nitrogen and oxygen atoms in total. The molecule has 0 saturated heterocycles. The van der Waals surface area contributed by atoms with Gasteiger partial charge in [-0.15, -0.1) is 11.3 Å². The summed E-state index contributed by atoms with van der Waals surface area (Å²) in [6, 6.07) is 0.513. The van der Waals surface area contributed by atoms with Gasteiger partial charge in [-0.05, 0) is 25.2 Å². The van der Waals surface area contributed by atoms with Crippen LogP contribution < -0.4 is 5.32 Å². The third-order valence-corrected chi connectivity index (χ3v) is 3.73. The molecule has 16 heavy (non-hydrogen) atoms. The van der Waals surface area contributed by atoms with E-state index >= 15 is 0 Å². The van der Waals surface area contributed by atoms with Crippen LogP contribution >= 0.6 is 11.3 Å². The lowest BCUT2D eigenvalue weighted by Gasteiger charge is -2.10. The molecule has 1 aromatic heterocycles. The first-order valence-electron chi connectivity index (χ1n) is 5.56. The number of nitrogens with zero attached hydrogens (tertiary/aromatic N) is 1. The first-order valence-corrected chi connectivity index (χ1v) is 6.44. The van der Waals surface area contributed by atoms with Crippen LogP contribution in [-0.2, 0) is 11.2 Å². The van der Waals surface area contributed by atoms with E-state index in [-0.39, 0.29) is 6.42 Å². The molecule has 0 aromatic carbocycles. The van der Waals surface area contributed by atoms with Gasteiger partial charge >= 0.3 is 5.97 Å². The zero-order valence-corrected chi connectivity index (χ0v) is 10.1. The number of carboxylic acid groups (broad SMARTS) is 1. The van der Waals surface area contributed by atoms with E-state index in [0.717, 1.165) is 11.0 Å². The molecule has 0 spiro atoms. The maximum absolute atomic E-state index is 10.5. The highest BCUT2D eigenvalue weighted by Gasteiger charge is 2.21. The molecule has 5 heteroatoms. The number of hydrogen-bond donors (Lipinski definition) is 2. The van der Waals surface area contributed by atoms with Gasteiger partial charge in [0.15, 0.2) is 5.13 Å². The van der Waals surface area contributed by atoms with Crippen molar-refractivity contribution in [3.05, 3.63) is 11.1 Å². The van der Waals surface area contributed by atoms with E-state index in [9.17, 15) is 4.79 Å². The van der Waals surface area contributed by atoms with Crippen LogP contribution in [0.2, 0.25) is 0 Å². The van der Waals surface area contributed by atoms with Crippen LogP contribution in [0.3, 0.4) is 0 Å². The summed E-state index contributed by atoms with van der Waals surface area (Å²) < 4.78 is 0. The summed E-state index contributed by atoms with van der Waals surface area (Å²) in [5.41, 5.74) is 0.644. The molecule has 2 rings (SSSR count). The van der Waals surface area contributed by atoms with Crippen LogP contribution in [0.1, 0.15) is 31.9 Å². The predicted molar refractivity (Wildman–Crippen MR) is 63.9 cm³/mol. The largest absolute Gasteiger partial charge is 0.481 e. The van der Waals surface area contributed by atoms with E-state index in [1.54, 1.807) is 0 Å². The van der Waals surface area contributed by atoms with Gasteiger partial charge in [-0.25, -0.2) is 4.98 Å². The Morgan fingerprint density at radius 1 is 1.69 bits per heavy atom. The molecule has 0 radical (unpaired) electrons. The quantitative estimate of drug-likeness (QED) is 0.848. The van der Waals surface area contributed by atoms with Gasteiger partial charge in [-0.2, -0.15) is 0 Å². The second kappa shape index (κ2) is 4.82. The smallest absolute Gasteiger partial charge is 0.309 e. The highest BCUT2D eigenvalue weighted by Crippen LogP contribution is 2.28. The average molecular weight is 240 g/mol. The van der Waals surface area contributed by atoms with Crippen molar-refractivity contribution in [3.8, 4) is 0 Å². The van der Waals surface area contributed by atoms with Crippen molar-refractivity contribution in [2.75, 3.05) is 5.32 Å². The van der Waals surface area contributed by atoms with E-state index in [4.69, 9.17) is 5.11 Å². The molecular weight excluding hydrogens is 224 g/mol. The normalized spacial score (nSPS) is 24.6. The molecular formula is C11H16N2O2S. The zero-order valence-electron chi connectivity index (χ0n) is 9.27. The van der Waals surface area contributed by atoms with E-state index in [1.807, 2.05) is 5.38 Å². The third-order valence-electron chi connectivity index (χ3n) is 2.91. The van der Waals surface area contributed by atoms with Crippen molar-refractivity contribution in [3.63, 3.8) is 0 Å². The Morgan fingerprint density at radius 3 is 3.12 bits per heavy atom. The maximum Gasteiger partial charge on any atom is 0.309 e. The molecule has 88 valence electrons. The van der Waals surface area contributed by atoms with Crippen LogP contribution in [0, 0.1) is 5.92 Å². The van der Waals surface area contributed by atoms with Crippen LogP contribution in [0.5, 0.6) is 0 Å². The first-order chi connectivity index (χ1) is 7.63. The Morgan fingerprint density at radius 2 is 2.50 bits per heavy atom. The number of carbonyl (C=O) groups is 1. The second-order valence-corrected chi connectivity index (χ2v) is 5.33. The molecule has 1 aromatic rings. The predicted octanol–water partition coefficient (Wildman–Crippen LogP) is 2.37. The fourth-order valence-corrected chi connectivity index (χ4v) is 2.91. The number of nitrogens with one attached hydrogen (secondary N) is 1. The minimum atomic E-state index is -0.827. The Labute approximate surface area is 98.7 Å². The number of thiazole rings is 1. The van der Waals surface area contributed by atoms with E-state index in [0.29, 0.717) is 11.7 Å². The van der Waals surface area contributed by atoms with Gasteiger partial charge in [0, 0.05) is 11.4 Å². The average Bonchev–Trinajstić information content (AvgIpc) is 2.76. The highest BCUT2D eigenvalue weighted by molar-refractivity contribution is 7.13. The number of carboxylic acids is 1. The molecule has 1 saturated carbocycles. The van der Waals surface area contributed by atoms with E-state index in [2.05, 4.69) is 17.2 Å². The number of hydrogen-bond acceptors (Lipinski definition) is 4. The number of aromatic nitrogens is 1. The van der Waals surface area contributed by atoms with Crippen molar-refractivity contribution >= 4 is 22.4 Å². The minimum Gasteiger partial charge on any atom is -0.481 e. The lowest BCUT2D eigenvalue weighted by molar-refractivity contribution is -0.136. The maximum atomic E-state index is 10.5. The van der Waals surface area contributed by atoms with Gasteiger partial charge in [0.1, 0.15) is 0 Å². The van der Waals surface area contributed by atoms with Crippen LogP contribution in [0.15, 0.2) is 5.38 Å². The molecule has 1 aliphatic carbocycles. The van der Waals surface area contributed by atoms with Crippen molar-refractivity contribution in [2.24, 2.45) is 5.92 Å². The summed E-state index contributed by atoms with van der Waals surface area (Å²) in [5, 5.41) is 14.7. The lowest BCUT2D eigenvalue weighted by Crippen LogP contribution is -2.15. The molecule has 2 unspecified atom stereocenters. The van der Waals surface area contributed by atoms with Gasteiger partial charge in [0.2, 0.25) is 0 Å². The van der Waals surface area contributed by atoms with Crippen molar-refractivity contribution in [1.29, 1.82) is 0 Å². The molecule has 0 aliphatic heterocycles. The number of anilines is 1. The number of aliphatic carboxylic acids is 1. The van der Waals surface area contributed by atoms with E-state index < -0.39 is 5.97 Å². The van der Waals surface area contributed by atoms with Gasteiger partial charge < -0.3 is 10.4 Å². The van der Waals surface area contributed by atoms with Crippen molar-refractivity contribution in [1.82, 2.24) is 4.98 Å². The molecule has 2 N–H and O–H groups in total. The Balaban J connectivity index is 1.90. The van der Waals surface area contributed by atoms with Crippen molar-refractivity contribution in [2.45, 2.75) is 38.6 Å². The first kappa shape index (κ1) is 11.4. The standard InChI is InChI=1S/C11H16N2O2S/c1-7-2-3-8(4-7)12-11-13-9(6-16-11)5-10(14)15/h6-8H,2-5H2,1H3,(H,12,13)(H,14,15). The summed E-state index contributed by atoms with van der Waals surface area (Å²) >= 11 is 1.49. The molecule has 0 amide bonds. The molecule has 1 aliphatic rings. The topological polar surface area (TPSA) is 62.2 Å². The fraction of sp³-hybridized carbons (Fsp3) is 0.636. The second-order valence-electron chi connectivity index (χ2n) is 4.47. The van der Waals surface area contributed by atoms with E-state index in [1.165, 1.54) is 30.6 Å². The molecule has 1 fully saturated rings. The van der Waals surface area contributed by atoms with Gasteiger partial charge in [0.05, 0.1) is 12.1 Å². The lowest BCUT2D eigenvalue weighted by atomic mass is 10.1. The van der Waals surface area contributed by atoms with Crippen molar-refractivity contribution < 1.29 is 9.90 Å². The summed E-state index contributed by atoms with van der Waals surface area (Å²) in [4.78, 5) is 14.8. The fourth-order valence-electron chi connectivity index (χ4n) is 2.12. The highest BCUT2D eigenvalue weighted by atomic mass is 32.1. The van der Waals surface area contributed by atoms with Crippen LogP contribution in [-0.4, -0.2) is 22.1 Å². The Bertz CT molecular complexity index is 378. The molecule has 2 atom stereocenters. The Hall–Kier alpha value is -1.10. The number of rotatable bonds is 4. The van der Waals surface area contributed by atoms with Gasteiger partial charge in [-0.3, -0.25) is 4.79 Å². The summed E-state index contributed by atoms with van der Waals surface area (Å²) in [5.74, 6) is -0.0395. The summed E-state index contributed by atoms with van der Waals surface area (Å²) in [7, 11) is 0.